The van der Waals surface area contributed by atoms with E-state index in [4.69, 9.17) is 19.2 Å². The maximum atomic E-state index is 12.9. The van der Waals surface area contributed by atoms with Crippen molar-refractivity contribution in [3.63, 3.8) is 0 Å². The summed E-state index contributed by atoms with van der Waals surface area (Å²) in [6, 6.07) is 11.9. The van der Waals surface area contributed by atoms with Crippen LogP contribution in [0.1, 0.15) is 22.3 Å². The zero-order valence-electron chi connectivity index (χ0n) is 15.6. The lowest BCUT2D eigenvalue weighted by Gasteiger charge is -2.16. The lowest BCUT2D eigenvalue weighted by atomic mass is 10.1. The summed E-state index contributed by atoms with van der Waals surface area (Å²) in [5.41, 5.74) is 0.0172. The van der Waals surface area contributed by atoms with Crippen LogP contribution in [0.2, 0.25) is 0 Å². The molecule has 0 aliphatic carbocycles. The predicted octanol–water partition coefficient (Wildman–Crippen LogP) is 2.36. The normalized spacial score (nSPS) is 15.9. The number of aromatic nitrogens is 1. The summed E-state index contributed by atoms with van der Waals surface area (Å²) in [7, 11) is 1.49. The van der Waals surface area contributed by atoms with Crippen molar-refractivity contribution in [2.45, 2.75) is 12.5 Å². The molecule has 1 atom stereocenters. The highest BCUT2D eigenvalue weighted by Gasteiger charge is 2.30. The number of pyridine rings is 1. The topological polar surface area (TPSA) is 106 Å². The molecule has 1 aliphatic rings. The molecule has 0 spiro atoms. The van der Waals surface area contributed by atoms with Crippen LogP contribution in [-0.4, -0.2) is 42.1 Å². The molecule has 1 unspecified atom stereocenters. The minimum atomic E-state index is -0.709. The third-order valence-electron chi connectivity index (χ3n) is 4.76. The summed E-state index contributed by atoms with van der Waals surface area (Å²) in [4.78, 5) is 30.9. The fourth-order valence-corrected chi connectivity index (χ4v) is 3.32. The van der Waals surface area contributed by atoms with Gasteiger partial charge >= 0.3 is 5.63 Å². The average molecular weight is 391 g/mol. The van der Waals surface area contributed by atoms with Gasteiger partial charge in [0, 0.05) is 30.6 Å². The van der Waals surface area contributed by atoms with Crippen molar-refractivity contribution in [1.29, 1.82) is 5.26 Å². The van der Waals surface area contributed by atoms with Gasteiger partial charge < -0.3 is 18.8 Å². The van der Waals surface area contributed by atoms with Crippen LogP contribution < -0.4 is 15.1 Å². The molecular weight excluding hydrogens is 374 g/mol. The molecule has 1 fully saturated rings. The van der Waals surface area contributed by atoms with E-state index < -0.39 is 11.5 Å². The molecule has 2 aromatic heterocycles. The Morgan fingerprint density at radius 1 is 1.34 bits per heavy atom. The Balaban J connectivity index is 1.52. The van der Waals surface area contributed by atoms with Gasteiger partial charge in [0.2, 0.25) is 5.88 Å². The van der Waals surface area contributed by atoms with Gasteiger partial charge in [0.05, 0.1) is 25.3 Å². The molecule has 1 aromatic carbocycles. The molecule has 0 bridgehead atoms. The van der Waals surface area contributed by atoms with Crippen molar-refractivity contribution in [2.24, 2.45) is 0 Å². The molecule has 3 heterocycles. The number of nitrogens with zero attached hydrogens (tertiary/aromatic N) is 3. The minimum absolute atomic E-state index is 0.0315. The first kappa shape index (κ1) is 18.5. The van der Waals surface area contributed by atoms with E-state index in [0.717, 1.165) is 0 Å². The molecule has 1 amide bonds. The van der Waals surface area contributed by atoms with Crippen LogP contribution >= 0.6 is 0 Å². The van der Waals surface area contributed by atoms with Gasteiger partial charge in [0.15, 0.2) is 11.3 Å². The van der Waals surface area contributed by atoms with Crippen LogP contribution in [0.4, 0.5) is 0 Å². The number of para-hydroxylation sites is 1. The molecule has 0 N–H and O–H groups in total. The maximum absolute atomic E-state index is 12.9. The maximum Gasteiger partial charge on any atom is 0.349 e. The Morgan fingerprint density at radius 3 is 3.00 bits per heavy atom. The van der Waals surface area contributed by atoms with Crippen LogP contribution in [0.3, 0.4) is 0 Å². The van der Waals surface area contributed by atoms with Gasteiger partial charge in [0.25, 0.3) is 5.91 Å². The third kappa shape index (κ3) is 3.62. The highest BCUT2D eigenvalue weighted by atomic mass is 16.5. The second-order valence-corrected chi connectivity index (χ2v) is 6.60. The van der Waals surface area contributed by atoms with Gasteiger partial charge in [-0.2, -0.15) is 5.26 Å². The van der Waals surface area contributed by atoms with Crippen molar-refractivity contribution in [3.8, 4) is 17.7 Å². The first-order chi connectivity index (χ1) is 14.1. The van der Waals surface area contributed by atoms with Gasteiger partial charge in [-0.3, -0.25) is 4.79 Å². The Morgan fingerprint density at radius 2 is 2.21 bits per heavy atom. The number of hydrogen-bond donors (Lipinski definition) is 0. The van der Waals surface area contributed by atoms with Gasteiger partial charge in [-0.1, -0.05) is 12.1 Å². The summed E-state index contributed by atoms with van der Waals surface area (Å²) in [5, 5.41) is 9.57. The third-order valence-corrected chi connectivity index (χ3v) is 4.76. The van der Waals surface area contributed by atoms with Crippen molar-refractivity contribution in [3.05, 3.63) is 64.1 Å². The second-order valence-electron chi connectivity index (χ2n) is 6.60. The fraction of sp³-hybridized carbons (Fsp3) is 0.238. The molecule has 1 aliphatic heterocycles. The van der Waals surface area contributed by atoms with E-state index in [1.165, 1.54) is 19.4 Å². The monoisotopic (exact) mass is 391 g/mol. The number of benzene rings is 1. The summed E-state index contributed by atoms with van der Waals surface area (Å²) >= 11 is 0. The summed E-state index contributed by atoms with van der Waals surface area (Å²) in [6.07, 6.45) is 1.82. The number of rotatable bonds is 4. The predicted molar refractivity (Wildman–Crippen MR) is 103 cm³/mol. The lowest BCUT2D eigenvalue weighted by molar-refractivity contribution is 0.0767. The van der Waals surface area contributed by atoms with Crippen LogP contribution in [0.25, 0.3) is 11.0 Å². The van der Waals surface area contributed by atoms with Crippen molar-refractivity contribution < 1.29 is 18.7 Å². The first-order valence-electron chi connectivity index (χ1n) is 9.02. The van der Waals surface area contributed by atoms with Crippen LogP contribution in [0.5, 0.6) is 11.6 Å². The van der Waals surface area contributed by atoms with Crippen molar-refractivity contribution in [1.82, 2.24) is 9.88 Å². The number of carbonyl (C=O) groups is 1. The molecule has 29 heavy (non-hydrogen) atoms. The number of fused-ring (bicyclic) bond motifs is 1. The number of carbonyl (C=O) groups excluding carboxylic acids is 1. The Bertz CT molecular complexity index is 1180. The van der Waals surface area contributed by atoms with E-state index in [1.54, 1.807) is 35.2 Å². The van der Waals surface area contributed by atoms with Gasteiger partial charge in [-0.05, 0) is 18.2 Å². The van der Waals surface area contributed by atoms with E-state index in [-0.39, 0.29) is 11.7 Å². The smallest absolute Gasteiger partial charge is 0.349 e. The van der Waals surface area contributed by atoms with E-state index in [1.807, 2.05) is 6.07 Å². The number of hydrogen-bond acceptors (Lipinski definition) is 7. The Labute approximate surface area is 165 Å². The number of likely N-dealkylation sites (tertiary alicyclic amines) is 1. The fourth-order valence-electron chi connectivity index (χ4n) is 3.32. The standard InChI is InChI=1S/C21H17N3O5/c1-27-17-4-2-3-14-10-16(21(26)29-19(14)17)20(25)24-8-6-15(12-24)28-18-9-13(11-22)5-7-23-18/h2-5,7,9-10,15H,6,8,12H2,1H3. The molecule has 8 heteroatoms. The lowest BCUT2D eigenvalue weighted by Crippen LogP contribution is -2.33. The van der Waals surface area contributed by atoms with Gasteiger partial charge in [-0.25, -0.2) is 9.78 Å². The first-order valence-corrected chi connectivity index (χ1v) is 9.02. The van der Waals surface area contributed by atoms with E-state index in [2.05, 4.69) is 4.98 Å². The molecule has 4 rings (SSSR count). The average Bonchev–Trinajstić information content (AvgIpc) is 3.21. The number of ether oxygens (including phenoxy) is 2. The van der Waals surface area contributed by atoms with Crippen LogP contribution in [0.15, 0.2) is 51.8 Å². The number of nitriles is 1. The van der Waals surface area contributed by atoms with Gasteiger partial charge in [-0.15, -0.1) is 0 Å². The van der Waals surface area contributed by atoms with E-state index >= 15 is 0 Å². The zero-order valence-corrected chi connectivity index (χ0v) is 15.6. The highest BCUT2D eigenvalue weighted by molar-refractivity contribution is 5.97. The molecule has 146 valence electrons. The summed E-state index contributed by atoms with van der Waals surface area (Å²) < 4.78 is 16.3. The zero-order chi connectivity index (χ0) is 20.4. The minimum Gasteiger partial charge on any atom is -0.493 e. The van der Waals surface area contributed by atoms with E-state index in [9.17, 15) is 9.59 Å². The highest BCUT2D eigenvalue weighted by Crippen LogP contribution is 2.25. The van der Waals surface area contributed by atoms with Crippen LogP contribution in [0, 0.1) is 11.3 Å². The SMILES string of the molecule is COc1cccc2cc(C(=O)N3CCC(Oc4cc(C#N)ccn4)C3)c(=O)oc12. The quantitative estimate of drug-likeness (QED) is 0.629. The molecule has 0 radical (unpaired) electrons. The van der Waals surface area contributed by atoms with Crippen LogP contribution in [-0.2, 0) is 0 Å². The molecule has 1 saturated heterocycles. The summed E-state index contributed by atoms with van der Waals surface area (Å²) in [6.45, 7) is 0.754. The number of methoxy groups -OCH3 is 1. The molecule has 3 aromatic rings. The molecular formula is C21H17N3O5. The molecule has 0 saturated carbocycles. The van der Waals surface area contributed by atoms with Gasteiger partial charge in [0.1, 0.15) is 11.7 Å². The Hall–Kier alpha value is -3.86. The number of amides is 1. The Kier molecular flexibility index (Phi) is 4.87. The largest absolute Gasteiger partial charge is 0.493 e. The molecule has 8 nitrogen and oxygen atoms in total. The van der Waals surface area contributed by atoms with Crippen molar-refractivity contribution in [2.75, 3.05) is 20.2 Å². The summed E-state index contributed by atoms with van der Waals surface area (Å²) in [5.74, 6) is 0.356. The van der Waals surface area contributed by atoms with Crippen molar-refractivity contribution >= 4 is 16.9 Å². The van der Waals surface area contributed by atoms with E-state index in [0.29, 0.717) is 47.7 Å². The second kappa shape index (κ2) is 7.64.